The van der Waals surface area contributed by atoms with E-state index in [1.807, 2.05) is 42.5 Å². The highest BCUT2D eigenvalue weighted by Crippen LogP contribution is 2.25. The molecule has 0 aliphatic carbocycles. The number of rotatable bonds is 5. The third-order valence-corrected chi connectivity index (χ3v) is 6.86. The predicted molar refractivity (Wildman–Crippen MR) is 143 cm³/mol. The minimum absolute atomic E-state index is 0.0360. The number of amidine groups is 1. The van der Waals surface area contributed by atoms with E-state index in [-0.39, 0.29) is 16.6 Å². The van der Waals surface area contributed by atoms with E-state index in [4.69, 9.17) is 26.2 Å². The fourth-order valence-electron chi connectivity index (χ4n) is 3.83. The van der Waals surface area contributed by atoms with E-state index in [1.54, 1.807) is 29.2 Å². The van der Waals surface area contributed by atoms with Crippen LogP contribution in [0.3, 0.4) is 0 Å². The largest absolute Gasteiger partial charge is 0.490 e. The number of hydrogen-bond acceptors (Lipinski definition) is 5. The third-order valence-electron chi connectivity index (χ3n) is 5.93. The van der Waals surface area contributed by atoms with Crippen LogP contribution in [0, 0.1) is 5.41 Å². The smallest absolute Gasteiger partial charge is 0.475 e. The quantitative estimate of drug-likeness (QED) is 0.267. The summed E-state index contributed by atoms with van der Waals surface area (Å²) in [5.41, 5.74) is 10.7. The molecule has 9 nitrogen and oxygen atoms in total. The lowest BCUT2D eigenvalue weighted by Crippen LogP contribution is -2.34. The van der Waals surface area contributed by atoms with Crippen LogP contribution < -0.4 is 10.9 Å². The number of carbonyl (C=O) groups is 2. The number of nitrogen functional groups attached to an aromatic ring is 1. The number of alkyl halides is 3. The van der Waals surface area contributed by atoms with Crippen LogP contribution in [0.5, 0.6) is 0 Å². The Bertz CT molecular complexity index is 1550. The molecule has 0 aromatic heterocycles. The molecular weight excluding hydrogens is 549 g/mol. The number of halogens is 3. The second kappa shape index (κ2) is 12.1. The molecule has 0 fully saturated rings. The van der Waals surface area contributed by atoms with Crippen molar-refractivity contribution in [2.45, 2.75) is 17.5 Å². The van der Waals surface area contributed by atoms with Crippen LogP contribution in [-0.2, 0) is 14.8 Å². The fraction of sp³-hybridized carbons (Fsp3) is 0.148. The summed E-state index contributed by atoms with van der Waals surface area (Å²) in [7, 11) is -3.73. The topological polar surface area (TPSA) is 168 Å². The van der Waals surface area contributed by atoms with E-state index in [2.05, 4.69) is 0 Å². The highest BCUT2D eigenvalue weighted by molar-refractivity contribution is 7.89. The maximum atomic E-state index is 13.0. The summed E-state index contributed by atoms with van der Waals surface area (Å²) < 4.78 is 54.6. The van der Waals surface area contributed by atoms with Crippen molar-refractivity contribution in [3.05, 3.63) is 95.6 Å². The maximum absolute atomic E-state index is 13.0. The Morgan fingerprint density at radius 2 is 1.45 bits per heavy atom. The molecule has 4 rings (SSSR count). The number of amides is 1. The van der Waals surface area contributed by atoms with Crippen molar-refractivity contribution in [1.82, 2.24) is 4.90 Å². The van der Waals surface area contributed by atoms with E-state index in [1.165, 1.54) is 12.1 Å². The van der Waals surface area contributed by atoms with Gasteiger partial charge in [-0.3, -0.25) is 10.2 Å². The number of carbonyl (C=O) groups excluding carboxylic acids is 1. The van der Waals surface area contributed by atoms with Crippen molar-refractivity contribution in [3.8, 4) is 11.1 Å². The van der Waals surface area contributed by atoms with Gasteiger partial charge in [-0.1, -0.05) is 48.5 Å². The Labute approximate surface area is 228 Å². The van der Waals surface area contributed by atoms with Gasteiger partial charge in [0.2, 0.25) is 10.0 Å². The molecule has 1 aliphatic rings. The third kappa shape index (κ3) is 7.77. The van der Waals surface area contributed by atoms with Gasteiger partial charge < -0.3 is 15.7 Å². The zero-order valence-electron chi connectivity index (χ0n) is 20.9. The van der Waals surface area contributed by atoms with Crippen molar-refractivity contribution in [2.75, 3.05) is 13.1 Å². The number of nitrogens with one attached hydrogen (secondary N) is 1. The van der Waals surface area contributed by atoms with E-state index >= 15 is 0 Å². The number of carboxylic acids is 1. The van der Waals surface area contributed by atoms with Gasteiger partial charge in [-0.05, 0) is 59.0 Å². The van der Waals surface area contributed by atoms with Gasteiger partial charge in [0.1, 0.15) is 5.84 Å². The summed E-state index contributed by atoms with van der Waals surface area (Å²) >= 11 is 0. The van der Waals surface area contributed by atoms with E-state index in [9.17, 15) is 26.4 Å². The normalized spacial score (nSPS) is 13.5. The summed E-state index contributed by atoms with van der Waals surface area (Å²) in [4.78, 5) is 23.7. The van der Waals surface area contributed by atoms with Crippen LogP contribution in [0.4, 0.5) is 13.2 Å². The summed E-state index contributed by atoms with van der Waals surface area (Å²) in [5.74, 6) is -2.76. The van der Waals surface area contributed by atoms with Gasteiger partial charge in [0.05, 0.1) is 4.90 Å². The molecule has 6 N–H and O–H groups in total. The van der Waals surface area contributed by atoms with Gasteiger partial charge in [-0.15, -0.1) is 0 Å². The summed E-state index contributed by atoms with van der Waals surface area (Å²) in [6.07, 6.45) is -2.32. The van der Waals surface area contributed by atoms with Gasteiger partial charge in [0, 0.05) is 24.2 Å². The van der Waals surface area contributed by atoms with Crippen LogP contribution in [0.15, 0.2) is 83.8 Å². The average Bonchev–Trinajstić information content (AvgIpc) is 2.92. The first-order valence-corrected chi connectivity index (χ1v) is 13.2. The van der Waals surface area contributed by atoms with Gasteiger partial charge >= 0.3 is 12.1 Å². The number of nitrogens with two attached hydrogens (primary N) is 2. The Kier molecular flexibility index (Phi) is 9.12. The lowest BCUT2D eigenvalue weighted by atomic mass is 9.97. The highest BCUT2D eigenvalue weighted by atomic mass is 32.2. The number of nitrogens with zero attached hydrogens (tertiary/aromatic N) is 1. The number of sulfonamides is 1. The van der Waals surface area contributed by atoms with Crippen molar-refractivity contribution in [3.63, 3.8) is 0 Å². The van der Waals surface area contributed by atoms with Crippen molar-refractivity contribution < 1.29 is 36.3 Å². The molecule has 3 aromatic rings. The fourth-order valence-corrected chi connectivity index (χ4v) is 4.34. The molecule has 1 aliphatic heterocycles. The molecule has 13 heteroatoms. The first kappa shape index (κ1) is 30.1. The molecule has 0 saturated heterocycles. The zero-order valence-corrected chi connectivity index (χ0v) is 21.7. The molecule has 0 spiro atoms. The molecule has 40 heavy (non-hydrogen) atoms. The Morgan fingerprint density at radius 3 is 1.90 bits per heavy atom. The minimum Gasteiger partial charge on any atom is -0.475 e. The van der Waals surface area contributed by atoms with Crippen molar-refractivity contribution >= 4 is 33.3 Å². The number of primary sulfonamides is 1. The molecule has 0 bridgehead atoms. The summed E-state index contributed by atoms with van der Waals surface area (Å²) in [6, 6.07) is 21.1. The van der Waals surface area contributed by atoms with E-state index < -0.39 is 22.2 Å². The van der Waals surface area contributed by atoms with Gasteiger partial charge in [-0.2, -0.15) is 13.2 Å². The summed E-state index contributed by atoms with van der Waals surface area (Å²) in [5, 5.41) is 19.9. The molecule has 3 aromatic carbocycles. The number of aliphatic carboxylic acids is 1. The van der Waals surface area contributed by atoms with Gasteiger partial charge in [-0.25, -0.2) is 18.4 Å². The highest BCUT2D eigenvalue weighted by Gasteiger charge is 2.38. The van der Waals surface area contributed by atoms with Crippen LogP contribution in [0.1, 0.15) is 27.9 Å². The standard InChI is InChI=1S/C25H24N4O3S.C2HF3O2/c26-24(27)22-3-1-2-21(16-22)19-12-14-29(15-13-19)25(30)20-6-4-17(5-7-20)18-8-10-23(11-9-18)33(28,31)32;3-2(4,5)1(6)7/h1-12,16H,13-15H2,(H3,26,27)(H2,28,31,32);(H,6,7). The number of benzene rings is 3. The average molecular weight is 575 g/mol. The van der Waals surface area contributed by atoms with Crippen LogP contribution >= 0.6 is 0 Å². The first-order valence-electron chi connectivity index (χ1n) is 11.6. The molecule has 0 atom stereocenters. The van der Waals surface area contributed by atoms with E-state index in [0.29, 0.717) is 24.2 Å². The maximum Gasteiger partial charge on any atom is 0.490 e. The van der Waals surface area contributed by atoms with Gasteiger partial charge in [0.15, 0.2) is 0 Å². The predicted octanol–water partition coefficient (Wildman–Crippen LogP) is 3.85. The Balaban J connectivity index is 0.000000559. The number of hydrogen-bond donors (Lipinski definition) is 4. The lowest BCUT2D eigenvalue weighted by Gasteiger charge is -2.27. The Hall–Kier alpha value is -4.49. The minimum atomic E-state index is -5.08. The van der Waals surface area contributed by atoms with Crippen molar-refractivity contribution in [2.24, 2.45) is 10.9 Å². The second-order valence-corrected chi connectivity index (χ2v) is 10.2. The lowest BCUT2D eigenvalue weighted by molar-refractivity contribution is -0.192. The SMILES string of the molecule is N=C(N)c1cccc(C2=CCN(C(=O)c3ccc(-c4ccc(S(N)(=O)=O)cc4)cc3)CC2)c1.O=C(O)C(F)(F)F. The molecule has 1 amide bonds. The van der Waals surface area contributed by atoms with E-state index in [0.717, 1.165) is 28.7 Å². The molecule has 0 unspecified atom stereocenters. The van der Waals surface area contributed by atoms with Crippen LogP contribution in [0.2, 0.25) is 0 Å². The van der Waals surface area contributed by atoms with Crippen LogP contribution in [0.25, 0.3) is 16.7 Å². The summed E-state index contributed by atoms with van der Waals surface area (Å²) in [6.45, 7) is 1.11. The Morgan fingerprint density at radius 1 is 0.900 bits per heavy atom. The first-order chi connectivity index (χ1) is 18.7. The monoisotopic (exact) mass is 574 g/mol. The molecule has 1 heterocycles. The molecular formula is C27H25F3N4O5S. The molecule has 210 valence electrons. The molecule has 0 saturated carbocycles. The van der Waals surface area contributed by atoms with Crippen molar-refractivity contribution in [1.29, 1.82) is 5.41 Å². The molecule has 0 radical (unpaired) electrons. The van der Waals surface area contributed by atoms with Gasteiger partial charge in [0.25, 0.3) is 5.91 Å². The number of carboxylic acid groups (broad SMARTS) is 1. The zero-order chi connectivity index (χ0) is 29.7. The van der Waals surface area contributed by atoms with Crippen LogP contribution in [-0.4, -0.2) is 55.4 Å². The second-order valence-electron chi connectivity index (χ2n) is 8.67.